The standard InChI is InChI=1S/C12H19O5P/c13-8-6-18(10-7(8)1-3-15-10)12-2-4-16-11(12)17-5-9(12)14/h7-11,13-14H,1-6H2/t7?,8?,9?,10?,11-,12-,18?/m1/s1. The molecule has 4 rings (SSSR count). The van der Waals surface area contributed by atoms with Crippen LogP contribution < -0.4 is 0 Å². The molecule has 6 heteroatoms. The molecule has 0 aromatic carbocycles. The van der Waals surface area contributed by atoms with Crippen molar-refractivity contribution in [3.63, 3.8) is 0 Å². The van der Waals surface area contributed by atoms with Crippen LogP contribution in [-0.2, 0) is 14.2 Å². The predicted molar refractivity (Wildman–Crippen MR) is 64.7 cm³/mol. The van der Waals surface area contributed by atoms with Gasteiger partial charge in [-0.25, -0.2) is 0 Å². The second kappa shape index (κ2) is 4.11. The number of fused-ring (bicyclic) bond motifs is 2. The van der Waals surface area contributed by atoms with Crippen molar-refractivity contribution in [2.75, 3.05) is 26.0 Å². The van der Waals surface area contributed by atoms with Crippen LogP contribution in [0.4, 0.5) is 0 Å². The minimum Gasteiger partial charge on any atom is -0.392 e. The number of aliphatic hydroxyl groups is 2. The first kappa shape index (κ1) is 12.0. The van der Waals surface area contributed by atoms with Crippen molar-refractivity contribution >= 4 is 7.92 Å². The van der Waals surface area contributed by atoms with Crippen molar-refractivity contribution in [1.82, 2.24) is 0 Å². The van der Waals surface area contributed by atoms with Crippen molar-refractivity contribution in [2.24, 2.45) is 5.92 Å². The van der Waals surface area contributed by atoms with Crippen molar-refractivity contribution in [2.45, 2.75) is 42.3 Å². The number of aliphatic hydroxyl groups excluding tert-OH is 2. The SMILES string of the molecule is OC1CP([C@@]23CCO[C@@H]2OCC3O)C2OCCC12. The molecule has 4 fully saturated rings. The van der Waals surface area contributed by atoms with E-state index in [0.29, 0.717) is 13.2 Å². The summed E-state index contributed by atoms with van der Waals surface area (Å²) in [4.78, 5) is 0. The number of ether oxygens (including phenoxy) is 3. The van der Waals surface area contributed by atoms with Gasteiger partial charge in [0.2, 0.25) is 0 Å². The van der Waals surface area contributed by atoms with Gasteiger partial charge in [-0.1, -0.05) is 7.92 Å². The molecule has 7 atom stereocenters. The van der Waals surface area contributed by atoms with Crippen LogP contribution in [-0.4, -0.2) is 65.7 Å². The lowest BCUT2D eigenvalue weighted by atomic mass is 10.0. The third-order valence-corrected chi connectivity index (χ3v) is 8.70. The van der Waals surface area contributed by atoms with Crippen LogP contribution in [0.2, 0.25) is 0 Å². The van der Waals surface area contributed by atoms with E-state index in [1.165, 1.54) is 0 Å². The summed E-state index contributed by atoms with van der Waals surface area (Å²) in [5.74, 6) is 0.398. The highest BCUT2D eigenvalue weighted by molar-refractivity contribution is 7.60. The topological polar surface area (TPSA) is 68.2 Å². The summed E-state index contributed by atoms with van der Waals surface area (Å²) < 4.78 is 17.1. The summed E-state index contributed by atoms with van der Waals surface area (Å²) in [5.41, 5.74) is 0. The maximum absolute atomic E-state index is 10.4. The first-order valence-electron chi connectivity index (χ1n) is 6.71. The molecular formula is C12H19O5P. The van der Waals surface area contributed by atoms with E-state index < -0.39 is 14.0 Å². The molecule has 4 heterocycles. The van der Waals surface area contributed by atoms with E-state index in [-0.39, 0.29) is 29.3 Å². The molecule has 4 saturated heterocycles. The summed E-state index contributed by atoms with van der Waals surface area (Å²) in [6, 6.07) is 0. The van der Waals surface area contributed by atoms with Gasteiger partial charge in [0.1, 0.15) is 0 Å². The van der Waals surface area contributed by atoms with E-state index in [4.69, 9.17) is 14.2 Å². The molecule has 0 spiro atoms. The first-order chi connectivity index (χ1) is 8.73. The highest BCUT2D eigenvalue weighted by Crippen LogP contribution is 2.69. The fourth-order valence-electron chi connectivity index (χ4n) is 4.04. The zero-order valence-corrected chi connectivity index (χ0v) is 11.1. The normalized spacial score (nSPS) is 59.0. The minimum absolute atomic E-state index is 0.135. The van der Waals surface area contributed by atoms with Crippen LogP contribution in [0.3, 0.4) is 0 Å². The van der Waals surface area contributed by atoms with Gasteiger partial charge in [-0.05, 0) is 19.0 Å². The van der Waals surface area contributed by atoms with E-state index in [0.717, 1.165) is 25.6 Å². The molecule has 0 bridgehead atoms. The fraction of sp³-hybridized carbons (Fsp3) is 1.00. The Morgan fingerprint density at radius 3 is 2.89 bits per heavy atom. The lowest BCUT2D eigenvalue weighted by molar-refractivity contribution is -0.0874. The molecule has 5 unspecified atom stereocenters. The van der Waals surface area contributed by atoms with Crippen LogP contribution in [0.15, 0.2) is 0 Å². The van der Waals surface area contributed by atoms with Gasteiger partial charge in [0.15, 0.2) is 6.29 Å². The molecule has 4 aliphatic heterocycles. The van der Waals surface area contributed by atoms with E-state index >= 15 is 0 Å². The molecule has 4 aliphatic rings. The lowest BCUT2D eigenvalue weighted by Crippen LogP contribution is -2.44. The maximum Gasteiger partial charge on any atom is 0.169 e. The average Bonchev–Trinajstić information content (AvgIpc) is 3.04. The summed E-state index contributed by atoms with van der Waals surface area (Å²) in [7, 11) is -0.599. The Morgan fingerprint density at radius 2 is 2.00 bits per heavy atom. The molecule has 0 aromatic heterocycles. The Kier molecular flexibility index (Phi) is 2.74. The van der Waals surface area contributed by atoms with Crippen molar-refractivity contribution < 1.29 is 24.4 Å². The number of hydrogen-bond acceptors (Lipinski definition) is 5. The quantitative estimate of drug-likeness (QED) is 0.663. The zero-order chi connectivity index (χ0) is 12.3. The van der Waals surface area contributed by atoms with E-state index in [9.17, 15) is 10.2 Å². The molecule has 0 amide bonds. The average molecular weight is 274 g/mol. The summed E-state index contributed by atoms with van der Waals surface area (Å²) in [6.07, 6.45) is 1.53. The van der Waals surface area contributed by atoms with E-state index in [2.05, 4.69) is 0 Å². The highest BCUT2D eigenvalue weighted by Gasteiger charge is 2.65. The molecule has 18 heavy (non-hydrogen) atoms. The first-order valence-corrected chi connectivity index (χ1v) is 8.31. The van der Waals surface area contributed by atoms with Crippen LogP contribution >= 0.6 is 7.92 Å². The van der Waals surface area contributed by atoms with Gasteiger partial charge in [0.25, 0.3) is 0 Å². The van der Waals surface area contributed by atoms with E-state index in [1.54, 1.807) is 0 Å². The summed E-state index contributed by atoms with van der Waals surface area (Å²) in [6.45, 7) is 1.74. The molecule has 0 radical (unpaired) electrons. The van der Waals surface area contributed by atoms with Crippen LogP contribution in [0.25, 0.3) is 0 Å². The third-order valence-electron chi connectivity index (χ3n) is 4.99. The Hall–Kier alpha value is 0.230. The molecule has 5 nitrogen and oxygen atoms in total. The van der Waals surface area contributed by atoms with Crippen molar-refractivity contribution in [3.8, 4) is 0 Å². The Labute approximate surface area is 107 Å². The monoisotopic (exact) mass is 274 g/mol. The van der Waals surface area contributed by atoms with Gasteiger partial charge in [0, 0.05) is 12.5 Å². The van der Waals surface area contributed by atoms with Crippen LogP contribution in [0.5, 0.6) is 0 Å². The van der Waals surface area contributed by atoms with Gasteiger partial charge < -0.3 is 24.4 Å². The van der Waals surface area contributed by atoms with Crippen LogP contribution in [0.1, 0.15) is 12.8 Å². The highest BCUT2D eigenvalue weighted by atomic mass is 31.1. The predicted octanol–water partition coefficient (Wildman–Crippen LogP) is 0.0817. The van der Waals surface area contributed by atoms with Crippen molar-refractivity contribution in [1.29, 1.82) is 0 Å². The largest absolute Gasteiger partial charge is 0.392 e. The Morgan fingerprint density at radius 1 is 1.11 bits per heavy atom. The molecule has 0 aliphatic carbocycles. The smallest absolute Gasteiger partial charge is 0.169 e. The summed E-state index contributed by atoms with van der Waals surface area (Å²) in [5, 5.41) is 20.3. The molecule has 102 valence electrons. The Bertz CT molecular complexity index is 353. The van der Waals surface area contributed by atoms with Gasteiger partial charge in [-0.15, -0.1) is 0 Å². The summed E-state index contributed by atoms with van der Waals surface area (Å²) >= 11 is 0. The van der Waals surface area contributed by atoms with Gasteiger partial charge >= 0.3 is 0 Å². The van der Waals surface area contributed by atoms with Crippen molar-refractivity contribution in [3.05, 3.63) is 0 Å². The molecular weight excluding hydrogens is 255 g/mol. The second-order valence-corrected chi connectivity index (χ2v) is 8.37. The minimum atomic E-state index is -0.599. The third kappa shape index (κ3) is 1.38. The zero-order valence-electron chi connectivity index (χ0n) is 10.2. The molecule has 0 saturated carbocycles. The van der Waals surface area contributed by atoms with Gasteiger partial charge in [0.05, 0.1) is 36.4 Å². The second-order valence-electron chi connectivity index (χ2n) is 5.73. The maximum atomic E-state index is 10.4. The number of hydrogen-bond donors (Lipinski definition) is 2. The lowest BCUT2D eigenvalue weighted by Gasteiger charge is -2.38. The van der Waals surface area contributed by atoms with Gasteiger partial charge in [-0.3, -0.25) is 0 Å². The Balaban J connectivity index is 1.69. The number of rotatable bonds is 1. The van der Waals surface area contributed by atoms with E-state index in [1.807, 2.05) is 0 Å². The van der Waals surface area contributed by atoms with Gasteiger partial charge in [-0.2, -0.15) is 0 Å². The van der Waals surface area contributed by atoms with Crippen LogP contribution in [0, 0.1) is 5.92 Å². The molecule has 2 N–H and O–H groups in total. The molecule has 0 aromatic rings. The fourth-order valence-corrected chi connectivity index (χ4v) is 8.09.